The molecule has 1 heterocycles. The number of carbonyl (C=O) groups is 1. The summed E-state index contributed by atoms with van der Waals surface area (Å²) in [4.78, 5) is 11.9. The van der Waals surface area contributed by atoms with E-state index < -0.39 is 0 Å². The Kier molecular flexibility index (Phi) is 2.90. The molecule has 0 radical (unpaired) electrons. The average Bonchev–Trinajstić information content (AvgIpc) is 2.61. The van der Waals surface area contributed by atoms with E-state index in [9.17, 15) is 4.79 Å². The lowest BCUT2D eigenvalue weighted by molar-refractivity contribution is 0.100. The number of benzene rings is 1. The van der Waals surface area contributed by atoms with E-state index in [0.717, 1.165) is 22.3 Å². The van der Waals surface area contributed by atoms with Crippen LogP contribution in [-0.2, 0) is 7.05 Å². The maximum Gasteiger partial charge on any atom is 0.178 e. The number of nitrogens with two attached hydrogens (primary N) is 1. The predicted molar refractivity (Wildman–Crippen MR) is 67.6 cm³/mol. The number of ether oxygens (including phenoxy) is 1. The molecule has 0 atom stereocenters. The second-order valence-electron chi connectivity index (χ2n) is 4.00. The van der Waals surface area contributed by atoms with E-state index in [0.29, 0.717) is 5.56 Å². The van der Waals surface area contributed by atoms with Crippen LogP contribution >= 0.6 is 0 Å². The summed E-state index contributed by atoms with van der Waals surface area (Å²) in [7, 11) is 3.55. The predicted octanol–water partition coefficient (Wildman–Crippen LogP) is 1.64. The summed E-state index contributed by atoms with van der Waals surface area (Å²) in [5.41, 5.74) is 8.00. The van der Waals surface area contributed by atoms with Gasteiger partial charge in [0.2, 0.25) is 0 Å². The van der Waals surface area contributed by atoms with Crippen molar-refractivity contribution in [1.29, 1.82) is 0 Å². The average molecular weight is 232 g/mol. The summed E-state index contributed by atoms with van der Waals surface area (Å²) in [6, 6.07) is 5.69. The first-order chi connectivity index (χ1) is 8.11. The van der Waals surface area contributed by atoms with Gasteiger partial charge in [-0.25, -0.2) is 0 Å². The molecule has 4 heteroatoms. The van der Waals surface area contributed by atoms with Gasteiger partial charge in [-0.3, -0.25) is 4.79 Å². The Balaban J connectivity index is 2.87. The molecule has 0 saturated carbocycles. The highest BCUT2D eigenvalue weighted by atomic mass is 16.5. The van der Waals surface area contributed by atoms with E-state index in [2.05, 4.69) is 0 Å². The number of hydrogen-bond acceptors (Lipinski definition) is 3. The van der Waals surface area contributed by atoms with Crippen molar-refractivity contribution in [1.82, 2.24) is 4.57 Å². The highest BCUT2D eigenvalue weighted by Crippen LogP contribution is 2.31. The van der Waals surface area contributed by atoms with Crippen LogP contribution < -0.4 is 10.5 Å². The Hall–Kier alpha value is -1.81. The second kappa shape index (κ2) is 4.22. The maximum atomic E-state index is 11.9. The molecule has 0 aliphatic rings. The summed E-state index contributed by atoms with van der Waals surface area (Å²) < 4.78 is 7.30. The molecule has 0 unspecified atom stereocenters. The lowest BCUT2D eigenvalue weighted by atomic mass is 10.1. The van der Waals surface area contributed by atoms with Gasteiger partial charge < -0.3 is 15.0 Å². The number of Topliss-reactive ketones (excluding diaryl/α,β-unsaturated/α-hetero) is 1. The summed E-state index contributed by atoms with van der Waals surface area (Å²) in [5.74, 6) is 0.727. The van der Waals surface area contributed by atoms with E-state index in [-0.39, 0.29) is 12.3 Å². The number of fused-ring (bicyclic) bond motifs is 1. The van der Waals surface area contributed by atoms with Gasteiger partial charge in [0, 0.05) is 23.7 Å². The van der Waals surface area contributed by atoms with Gasteiger partial charge in [0.15, 0.2) is 5.78 Å². The fourth-order valence-electron chi connectivity index (χ4n) is 2.22. The van der Waals surface area contributed by atoms with Crippen LogP contribution in [0.4, 0.5) is 0 Å². The molecule has 0 aliphatic carbocycles. The van der Waals surface area contributed by atoms with Gasteiger partial charge in [-0.15, -0.1) is 0 Å². The minimum Gasteiger partial charge on any atom is -0.495 e. The smallest absolute Gasteiger partial charge is 0.178 e. The van der Waals surface area contributed by atoms with E-state index >= 15 is 0 Å². The number of rotatable bonds is 3. The number of para-hydroxylation sites is 1. The number of nitrogens with zero attached hydrogens (tertiary/aromatic N) is 1. The highest BCUT2D eigenvalue weighted by molar-refractivity contribution is 6.11. The van der Waals surface area contributed by atoms with E-state index in [1.807, 2.05) is 36.7 Å². The number of aromatic nitrogens is 1. The second-order valence-corrected chi connectivity index (χ2v) is 4.00. The van der Waals surface area contributed by atoms with Crippen molar-refractivity contribution in [2.75, 3.05) is 13.7 Å². The third-order valence-electron chi connectivity index (χ3n) is 3.15. The molecule has 0 bridgehead atoms. The molecule has 0 aliphatic heterocycles. The van der Waals surface area contributed by atoms with Crippen LogP contribution in [0.25, 0.3) is 10.9 Å². The van der Waals surface area contributed by atoms with E-state index in [1.54, 1.807) is 7.11 Å². The molecule has 2 rings (SSSR count). The molecule has 90 valence electrons. The molecule has 2 aromatic rings. The third-order valence-corrected chi connectivity index (χ3v) is 3.15. The van der Waals surface area contributed by atoms with Gasteiger partial charge in [0.25, 0.3) is 0 Å². The van der Waals surface area contributed by atoms with E-state index in [1.165, 1.54) is 0 Å². The Labute approximate surface area is 100.0 Å². The van der Waals surface area contributed by atoms with Crippen LogP contribution in [0, 0.1) is 6.92 Å². The SMILES string of the molecule is COc1cccc2c(C(=O)CN)c(C)n(C)c12. The lowest BCUT2D eigenvalue weighted by Crippen LogP contribution is -2.14. The van der Waals surface area contributed by atoms with E-state index in [4.69, 9.17) is 10.5 Å². The summed E-state index contributed by atoms with van der Waals surface area (Å²) >= 11 is 0. The minimum atomic E-state index is -0.0404. The molecule has 17 heavy (non-hydrogen) atoms. The first-order valence-electron chi connectivity index (χ1n) is 5.47. The Morgan fingerprint density at radius 3 is 2.76 bits per heavy atom. The largest absolute Gasteiger partial charge is 0.495 e. The maximum absolute atomic E-state index is 11.9. The van der Waals surface area contributed by atoms with Crippen LogP contribution in [-0.4, -0.2) is 24.0 Å². The Morgan fingerprint density at radius 2 is 2.18 bits per heavy atom. The number of ketones is 1. The standard InChI is InChI=1S/C13H16N2O2/c1-8-12(10(16)7-14)9-5-4-6-11(17-3)13(9)15(8)2/h4-6H,7,14H2,1-3H3. The molecule has 0 fully saturated rings. The minimum absolute atomic E-state index is 0.0250. The summed E-state index contributed by atoms with van der Waals surface area (Å²) in [6.07, 6.45) is 0. The zero-order valence-electron chi connectivity index (χ0n) is 10.3. The summed E-state index contributed by atoms with van der Waals surface area (Å²) in [5, 5.41) is 0.903. The Bertz CT molecular complexity index is 585. The number of carbonyl (C=O) groups excluding carboxylic acids is 1. The normalized spacial score (nSPS) is 10.8. The van der Waals surface area contributed by atoms with Crippen LogP contribution in [0.2, 0.25) is 0 Å². The van der Waals surface area contributed by atoms with Gasteiger partial charge in [0.05, 0.1) is 19.2 Å². The monoisotopic (exact) mass is 232 g/mol. The third kappa shape index (κ3) is 1.61. The van der Waals surface area contributed by atoms with Crippen LogP contribution in [0.1, 0.15) is 16.1 Å². The van der Waals surface area contributed by atoms with Gasteiger partial charge in [-0.1, -0.05) is 12.1 Å². The zero-order valence-corrected chi connectivity index (χ0v) is 10.3. The molecule has 1 aromatic heterocycles. The van der Waals surface area contributed by atoms with Crippen molar-refractivity contribution in [3.63, 3.8) is 0 Å². The topological polar surface area (TPSA) is 57.2 Å². The summed E-state index contributed by atoms with van der Waals surface area (Å²) in [6.45, 7) is 1.94. The van der Waals surface area contributed by atoms with Crippen molar-refractivity contribution in [2.24, 2.45) is 12.8 Å². The van der Waals surface area contributed by atoms with Crippen molar-refractivity contribution in [2.45, 2.75) is 6.92 Å². The van der Waals surface area contributed by atoms with Crippen LogP contribution in [0.15, 0.2) is 18.2 Å². The fraction of sp³-hybridized carbons (Fsp3) is 0.308. The van der Waals surface area contributed by atoms with Gasteiger partial charge >= 0.3 is 0 Å². The molecule has 0 saturated heterocycles. The fourth-order valence-corrected chi connectivity index (χ4v) is 2.22. The van der Waals surface area contributed by atoms with Crippen molar-refractivity contribution in [3.8, 4) is 5.75 Å². The zero-order chi connectivity index (χ0) is 12.6. The first kappa shape index (κ1) is 11.7. The highest BCUT2D eigenvalue weighted by Gasteiger charge is 2.19. The molecule has 1 aromatic carbocycles. The number of aryl methyl sites for hydroxylation is 1. The van der Waals surface area contributed by atoms with Crippen molar-refractivity contribution >= 4 is 16.7 Å². The molecule has 0 spiro atoms. The van der Waals surface area contributed by atoms with Crippen LogP contribution in [0.3, 0.4) is 0 Å². The Morgan fingerprint density at radius 1 is 1.47 bits per heavy atom. The molecular weight excluding hydrogens is 216 g/mol. The molecule has 0 amide bonds. The molecule has 4 nitrogen and oxygen atoms in total. The van der Waals surface area contributed by atoms with Crippen LogP contribution in [0.5, 0.6) is 5.75 Å². The quantitative estimate of drug-likeness (QED) is 0.818. The van der Waals surface area contributed by atoms with Crippen molar-refractivity contribution in [3.05, 3.63) is 29.5 Å². The van der Waals surface area contributed by atoms with Gasteiger partial charge in [0.1, 0.15) is 5.75 Å². The number of hydrogen-bond donors (Lipinski definition) is 1. The van der Waals surface area contributed by atoms with Crippen molar-refractivity contribution < 1.29 is 9.53 Å². The lowest BCUT2D eigenvalue weighted by Gasteiger charge is -2.04. The number of methoxy groups -OCH3 is 1. The first-order valence-corrected chi connectivity index (χ1v) is 5.47. The van der Waals surface area contributed by atoms with Gasteiger partial charge in [-0.2, -0.15) is 0 Å². The molecular formula is C13H16N2O2. The molecule has 2 N–H and O–H groups in total. The van der Waals surface area contributed by atoms with Gasteiger partial charge in [-0.05, 0) is 13.0 Å².